The number of nitrogens with zero attached hydrogens (tertiary/aromatic N) is 1. The summed E-state index contributed by atoms with van der Waals surface area (Å²) < 4.78 is 0. The Labute approximate surface area is 129 Å². The number of benzene rings is 1. The number of hydrogen-bond acceptors (Lipinski definition) is 2. The summed E-state index contributed by atoms with van der Waals surface area (Å²) in [5, 5.41) is 5.12. The lowest BCUT2D eigenvalue weighted by Gasteiger charge is -2.24. The molecule has 0 unspecified atom stereocenters. The minimum atomic E-state index is 0.0477. The average molecular weight is 300 g/mol. The molecule has 0 radical (unpaired) electrons. The molecule has 1 N–H and O–H groups in total. The molecule has 2 amide bonds. The Morgan fingerprint density at radius 2 is 2.14 bits per heavy atom. The van der Waals surface area contributed by atoms with E-state index in [1.165, 1.54) is 10.4 Å². The molecule has 0 bridgehead atoms. The number of urea groups is 1. The Balaban J connectivity index is 1.61. The fourth-order valence-corrected chi connectivity index (χ4v) is 3.65. The molecule has 1 aromatic heterocycles. The number of nitrogens with one attached hydrogen (secondary N) is 1. The maximum absolute atomic E-state index is 12.4. The highest BCUT2D eigenvalue weighted by molar-refractivity contribution is 7.10. The summed E-state index contributed by atoms with van der Waals surface area (Å²) >= 11 is 1.74. The van der Waals surface area contributed by atoms with Gasteiger partial charge in [0.2, 0.25) is 0 Å². The number of amides is 2. The molecular formula is C17H20N2OS. The van der Waals surface area contributed by atoms with Crippen molar-refractivity contribution >= 4 is 17.4 Å². The predicted molar refractivity (Wildman–Crippen MR) is 86.4 cm³/mol. The first-order valence-electron chi connectivity index (χ1n) is 7.37. The number of likely N-dealkylation sites (tertiary alicyclic amines) is 1. The Kier molecular flexibility index (Phi) is 4.25. The Hall–Kier alpha value is -1.81. The zero-order chi connectivity index (χ0) is 14.7. The molecule has 0 spiro atoms. The monoisotopic (exact) mass is 300 g/mol. The van der Waals surface area contributed by atoms with Crippen LogP contribution in [0.25, 0.3) is 0 Å². The molecule has 21 heavy (non-hydrogen) atoms. The Morgan fingerprint density at radius 1 is 1.33 bits per heavy atom. The van der Waals surface area contributed by atoms with Gasteiger partial charge in [-0.2, -0.15) is 0 Å². The molecule has 1 atom stereocenters. The van der Waals surface area contributed by atoms with Gasteiger partial charge in [-0.25, -0.2) is 4.79 Å². The minimum absolute atomic E-state index is 0.0477. The molecule has 4 heteroatoms. The van der Waals surface area contributed by atoms with E-state index in [1.807, 2.05) is 4.90 Å². The van der Waals surface area contributed by atoms with Gasteiger partial charge in [0.25, 0.3) is 0 Å². The summed E-state index contributed by atoms with van der Waals surface area (Å²) in [5.41, 5.74) is 2.38. The van der Waals surface area contributed by atoms with Crippen LogP contribution in [0.1, 0.15) is 34.9 Å². The highest BCUT2D eigenvalue weighted by Gasteiger charge is 2.30. The third-order valence-corrected chi connectivity index (χ3v) is 4.92. The molecule has 0 aliphatic carbocycles. The lowest BCUT2D eigenvalue weighted by molar-refractivity contribution is 0.193. The van der Waals surface area contributed by atoms with E-state index in [2.05, 4.69) is 54.0 Å². The summed E-state index contributed by atoms with van der Waals surface area (Å²) in [7, 11) is 0. The van der Waals surface area contributed by atoms with Crippen LogP contribution >= 0.6 is 11.3 Å². The molecule has 1 saturated heterocycles. The number of rotatable bonds is 3. The van der Waals surface area contributed by atoms with Gasteiger partial charge in [0, 0.05) is 18.0 Å². The second kappa shape index (κ2) is 6.31. The van der Waals surface area contributed by atoms with Gasteiger partial charge in [-0.3, -0.25) is 0 Å². The van der Waals surface area contributed by atoms with Crippen LogP contribution in [-0.2, 0) is 6.54 Å². The van der Waals surface area contributed by atoms with Crippen LogP contribution in [0.4, 0.5) is 4.79 Å². The molecule has 3 rings (SSSR count). The molecule has 1 fully saturated rings. The van der Waals surface area contributed by atoms with Crippen molar-refractivity contribution in [3.05, 3.63) is 57.8 Å². The van der Waals surface area contributed by atoms with Gasteiger partial charge < -0.3 is 10.2 Å². The van der Waals surface area contributed by atoms with Crippen molar-refractivity contribution in [2.45, 2.75) is 32.4 Å². The van der Waals surface area contributed by atoms with E-state index in [1.54, 1.807) is 11.3 Å². The number of carbonyl (C=O) groups is 1. The molecule has 3 nitrogen and oxygen atoms in total. The van der Waals surface area contributed by atoms with Gasteiger partial charge in [-0.05, 0) is 36.8 Å². The van der Waals surface area contributed by atoms with Crippen molar-refractivity contribution in [2.24, 2.45) is 0 Å². The van der Waals surface area contributed by atoms with Crippen LogP contribution in [0.5, 0.6) is 0 Å². The van der Waals surface area contributed by atoms with Crippen LogP contribution < -0.4 is 5.32 Å². The van der Waals surface area contributed by atoms with Gasteiger partial charge in [0.1, 0.15) is 0 Å². The molecule has 110 valence electrons. The maximum atomic E-state index is 12.4. The van der Waals surface area contributed by atoms with Gasteiger partial charge in [-0.15, -0.1) is 11.3 Å². The average Bonchev–Trinajstić information content (AvgIpc) is 3.16. The maximum Gasteiger partial charge on any atom is 0.318 e. The minimum Gasteiger partial charge on any atom is -0.334 e. The highest BCUT2D eigenvalue weighted by atomic mass is 32.1. The Bertz CT molecular complexity index is 592. The standard InChI is InChI=1S/C17H20N2OS/c1-13-6-8-14(9-7-13)12-18-17(20)19-10-2-4-15(19)16-5-3-11-21-16/h3,5-9,11,15H,2,4,10,12H2,1H3,(H,18,20)/t15-/m0/s1. The van der Waals surface area contributed by atoms with Crippen LogP contribution in [-0.4, -0.2) is 17.5 Å². The normalized spacial score (nSPS) is 18.0. The van der Waals surface area contributed by atoms with E-state index in [9.17, 15) is 4.79 Å². The van der Waals surface area contributed by atoms with Gasteiger partial charge in [-0.1, -0.05) is 35.9 Å². The van der Waals surface area contributed by atoms with Crippen LogP contribution in [0.2, 0.25) is 0 Å². The fraction of sp³-hybridized carbons (Fsp3) is 0.353. The second-order valence-electron chi connectivity index (χ2n) is 5.51. The number of aryl methyl sites for hydroxylation is 1. The quantitative estimate of drug-likeness (QED) is 0.909. The molecule has 2 aromatic rings. The lowest BCUT2D eigenvalue weighted by Crippen LogP contribution is -2.38. The first-order chi connectivity index (χ1) is 10.2. The lowest BCUT2D eigenvalue weighted by atomic mass is 10.1. The molecule has 1 aliphatic rings. The van der Waals surface area contributed by atoms with Crippen molar-refractivity contribution in [3.8, 4) is 0 Å². The Morgan fingerprint density at radius 3 is 2.86 bits per heavy atom. The van der Waals surface area contributed by atoms with Crippen molar-refractivity contribution in [2.75, 3.05) is 6.54 Å². The second-order valence-corrected chi connectivity index (χ2v) is 6.49. The number of thiophene rings is 1. The molecule has 1 aromatic carbocycles. The first kappa shape index (κ1) is 14.1. The van der Waals surface area contributed by atoms with E-state index >= 15 is 0 Å². The highest BCUT2D eigenvalue weighted by Crippen LogP contribution is 2.34. The largest absolute Gasteiger partial charge is 0.334 e. The predicted octanol–water partition coefficient (Wildman–Crippen LogP) is 4.10. The molecule has 1 aliphatic heterocycles. The number of hydrogen-bond donors (Lipinski definition) is 1. The van der Waals surface area contributed by atoms with E-state index in [0.717, 1.165) is 24.9 Å². The summed E-state index contributed by atoms with van der Waals surface area (Å²) in [6.45, 7) is 3.51. The van der Waals surface area contributed by atoms with Gasteiger partial charge in [0.05, 0.1) is 6.04 Å². The summed E-state index contributed by atoms with van der Waals surface area (Å²) in [6, 6.07) is 12.8. The third-order valence-electron chi connectivity index (χ3n) is 3.95. The van der Waals surface area contributed by atoms with Crippen molar-refractivity contribution < 1.29 is 4.79 Å². The smallest absolute Gasteiger partial charge is 0.318 e. The van der Waals surface area contributed by atoms with E-state index in [4.69, 9.17) is 0 Å². The van der Waals surface area contributed by atoms with Gasteiger partial charge in [0.15, 0.2) is 0 Å². The molecular weight excluding hydrogens is 280 g/mol. The zero-order valence-corrected chi connectivity index (χ0v) is 13.0. The van der Waals surface area contributed by atoms with Gasteiger partial charge >= 0.3 is 6.03 Å². The molecule has 2 heterocycles. The third kappa shape index (κ3) is 3.27. The van der Waals surface area contributed by atoms with Crippen LogP contribution in [0, 0.1) is 6.92 Å². The van der Waals surface area contributed by atoms with E-state index in [-0.39, 0.29) is 12.1 Å². The van der Waals surface area contributed by atoms with Crippen molar-refractivity contribution in [1.82, 2.24) is 10.2 Å². The molecule has 0 saturated carbocycles. The first-order valence-corrected chi connectivity index (χ1v) is 8.25. The van der Waals surface area contributed by atoms with E-state index < -0.39 is 0 Å². The van der Waals surface area contributed by atoms with Crippen molar-refractivity contribution in [3.63, 3.8) is 0 Å². The zero-order valence-electron chi connectivity index (χ0n) is 12.2. The van der Waals surface area contributed by atoms with Crippen molar-refractivity contribution in [1.29, 1.82) is 0 Å². The van der Waals surface area contributed by atoms with Crippen LogP contribution in [0.3, 0.4) is 0 Å². The topological polar surface area (TPSA) is 32.3 Å². The summed E-state index contributed by atoms with van der Waals surface area (Å²) in [4.78, 5) is 15.7. The SMILES string of the molecule is Cc1ccc(CNC(=O)N2CCC[C@H]2c2cccs2)cc1. The summed E-state index contributed by atoms with van der Waals surface area (Å²) in [6.07, 6.45) is 2.15. The fourth-order valence-electron chi connectivity index (χ4n) is 2.77. The number of carbonyl (C=O) groups excluding carboxylic acids is 1. The summed E-state index contributed by atoms with van der Waals surface area (Å²) in [5.74, 6) is 0. The van der Waals surface area contributed by atoms with Crippen LogP contribution in [0.15, 0.2) is 41.8 Å². The van der Waals surface area contributed by atoms with E-state index in [0.29, 0.717) is 6.54 Å².